The lowest BCUT2D eigenvalue weighted by Gasteiger charge is -2.26. The summed E-state index contributed by atoms with van der Waals surface area (Å²) in [4.78, 5) is 40.4. The van der Waals surface area contributed by atoms with Crippen molar-refractivity contribution < 1.29 is 57.6 Å². The molecule has 0 saturated carbocycles. The van der Waals surface area contributed by atoms with E-state index in [1.165, 1.54) is 32.3 Å². The monoisotopic (exact) mass is 1110 g/mol. The smallest absolute Gasteiger partial charge is 0.169 e. The molecule has 20 heteroatoms. The van der Waals surface area contributed by atoms with Crippen molar-refractivity contribution in [1.29, 1.82) is 0 Å². The summed E-state index contributed by atoms with van der Waals surface area (Å²) in [6.45, 7) is 13.5. The molecule has 80 heavy (non-hydrogen) atoms. The molecular weight excluding hydrogens is 1020 g/mol. The van der Waals surface area contributed by atoms with Crippen molar-refractivity contribution in [3.05, 3.63) is 48.5 Å². The summed E-state index contributed by atoms with van der Waals surface area (Å²) < 4.78 is 28.0. The number of rotatable bonds is 48. The first-order chi connectivity index (χ1) is 39.7. The fourth-order valence-electron chi connectivity index (χ4n) is 10.2. The van der Waals surface area contributed by atoms with Gasteiger partial charge in [-0.05, 0) is 151 Å². The van der Waals surface area contributed by atoms with E-state index in [1.807, 2.05) is 27.7 Å². The SMILES string of the molecule is CCON=NOCCCCCCCOc1c(OCCCCCCCON=NOCC)c2ccc3ccc4c(OCCCCCCCON=NOCC)c(OCCCCCCCON=NOCC)c5ccc6ccc1c1c6c5c4c3c21. The molecule has 0 amide bonds. The fourth-order valence-corrected chi connectivity index (χ4v) is 10.2. The normalized spacial score (nSPS) is 12.2. The molecule has 0 aromatic heterocycles. The Morgan fingerprint density at radius 3 is 0.650 bits per heavy atom. The third kappa shape index (κ3) is 17.4. The molecule has 0 saturated heterocycles. The van der Waals surface area contributed by atoms with Crippen molar-refractivity contribution >= 4 is 64.6 Å². The predicted octanol–water partition coefficient (Wildman–Crippen LogP) is 17.6. The summed E-state index contributed by atoms with van der Waals surface area (Å²) in [5, 5.41) is 42.2. The lowest BCUT2D eigenvalue weighted by atomic mass is 9.82. The summed E-state index contributed by atoms with van der Waals surface area (Å²) in [6.07, 6.45) is 19.5. The maximum Gasteiger partial charge on any atom is 0.169 e. The first kappa shape index (κ1) is 60.5. The van der Waals surface area contributed by atoms with Gasteiger partial charge in [0, 0.05) is 43.1 Å². The molecular formula is C60H84N8O12. The molecule has 0 aliphatic rings. The van der Waals surface area contributed by atoms with Crippen LogP contribution in [0.4, 0.5) is 0 Å². The van der Waals surface area contributed by atoms with Crippen LogP contribution >= 0.6 is 0 Å². The fraction of sp³-hybridized carbons (Fsp3) is 0.600. The second kappa shape index (κ2) is 35.5. The minimum Gasteiger partial charge on any atom is -0.489 e. The number of hydrogen-bond donors (Lipinski definition) is 0. The highest BCUT2D eigenvalue weighted by Gasteiger charge is 2.29. The van der Waals surface area contributed by atoms with Crippen molar-refractivity contribution in [3.63, 3.8) is 0 Å². The minimum atomic E-state index is 0.458. The third-order valence-electron chi connectivity index (χ3n) is 13.9. The van der Waals surface area contributed by atoms with Crippen LogP contribution in [0.2, 0.25) is 0 Å². The van der Waals surface area contributed by atoms with E-state index < -0.39 is 0 Å². The van der Waals surface area contributed by atoms with Crippen LogP contribution in [0.25, 0.3) is 64.6 Å². The lowest BCUT2D eigenvalue weighted by molar-refractivity contribution is 0.0442. The molecule has 0 heterocycles. The summed E-state index contributed by atoms with van der Waals surface area (Å²) in [5.41, 5.74) is 0. The van der Waals surface area contributed by atoms with E-state index in [0.29, 0.717) is 79.3 Å². The predicted molar refractivity (Wildman–Crippen MR) is 309 cm³/mol. The van der Waals surface area contributed by atoms with Gasteiger partial charge >= 0.3 is 0 Å². The molecule has 0 atom stereocenters. The van der Waals surface area contributed by atoms with Gasteiger partial charge in [-0.1, -0.05) is 75.6 Å². The average Bonchev–Trinajstić information content (AvgIpc) is 3.53. The van der Waals surface area contributed by atoms with Crippen molar-refractivity contribution in [2.75, 3.05) is 79.3 Å². The maximum atomic E-state index is 6.99. The summed E-state index contributed by atoms with van der Waals surface area (Å²) in [7, 11) is 0. The number of benzene rings is 7. The highest BCUT2D eigenvalue weighted by atomic mass is 16.7. The van der Waals surface area contributed by atoms with Gasteiger partial charge in [0.1, 0.15) is 52.9 Å². The van der Waals surface area contributed by atoms with Crippen molar-refractivity contribution in [2.45, 2.75) is 156 Å². The quantitative estimate of drug-likeness (QED) is 0.0115. The van der Waals surface area contributed by atoms with Crippen LogP contribution in [-0.2, 0) is 38.7 Å². The van der Waals surface area contributed by atoms with Crippen LogP contribution in [0.5, 0.6) is 23.0 Å². The van der Waals surface area contributed by atoms with E-state index in [2.05, 4.69) is 90.8 Å². The van der Waals surface area contributed by atoms with Gasteiger partial charge < -0.3 is 57.6 Å². The maximum absolute atomic E-state index is 6.99. The number of nitrogens with zero attached hydrogens (tertiary/aromatic N) is 8. The molecule has 7 aromatic carbocycles. The number of ether oxygens (including phenoxy) is 4. The van der Waals surface area contributed by atoms with E-state index in [1.54, 1.807) is 0 Å². The zero-order valence-corrected chi connectivity index (χ0v) is 47.7. The summed E-state index contributed by atoms with van der Waals surface area (Å²) in [5.74, 6) is 3.19. The Morgan fingerprint density at radius 1 is 0.225 bits per heavy atom. The number of unbranched alkanes of at least 4 members (excludes halogenated alkanes) is 16. The van der Waals surface area contributed by atoms with Gasteiger partial charge in [-0.3, -0.25) is 0 Å². The van der Waals surface area contributed by atoms with E-state index >= 15 is 0 Å². The Morgan fingerprint density at radius 2 is 0.425 bits per heavy atom. The van der Waals surface area contributed by atoms with Gasteiger partial charge in [-0.15, -0.1) is 0 Å². The molecule has 0 aliphatic heterocycles. The van der Waals surface area contributed by atoms with Crippen LogP contribution in [-0.4, -0.2) is 79.3 Å². The summed E-state index contributed by atoms with van der Waals surface area (Å²) >= 11 is 0. The van der Waals surface area contributed by atoms with Crippen molar-refractivity contribution in [1.82, 2.24) is 0 Å². The molecule has 0 aliphatic carbocycles. The molecule has 436 valence electrons. The molecule has 0 N–H and O–H groups in total. The molecule has 7 rings (SSSR count). The molecule has 0 spiro atoms. The topological polar surface area (TPSA) is 210 Å². The highest BCUT2D eigenvalue weighted by Crippen LogP contribution is 2.57. The third-order valence-corrected chi connectivity index (χ3v) is 13.9. The number of hydrogen-bond acceptors (Lipinski definition) is 20. The van der Waals surface area contributed by atoms with Crippen LogP contribution in [0.3, 0.4) is 0 Å². The second-order valence-corrected chi connectivity index (χ2v) is 19.6. The largest absolute Gasteiger partial charge is 0.489 e. The first-order valence-electron chi connectivity index (χ1n) is 29.5. The van der Waals surface area contributed by atoms with Gasteiger partial charge in [-0.25, -0.2) is 0 Å². The van der Waals surface area contributed by atoms with E-state index in [0.717, 1.165) is 184 Å². The highest BCUT2D eigenvalue weighted by molar-refractivity contribution is 6.46. The van der Waals surface area contributed by atoms with Gasteiger partial charge in [0.05, 0.1) is 68.6 Å². The summed E-state index contributed by atoms with van der Waals surface area (Å²) in [6, 6.07) is 17.9. The van der Waals surface area contributed by atoms with E-state index in [-0.39, 0.29) is 0 Å². The van der Waals surface area contributed by atoms with Crippen molar-refractivity contribution in [2.24, 2.45) is 42.2 Å². The van der Waals surface area contributed by atoms with E-state index in [9.17, 15) is 0 Å². The van der Waals surface area contributed by atoms with Crippen molar-refractivity contribution in [3.8, 4) is 23.0 Å². The van der Waals surface area contributed by atoms with Crippen LogP contribution in [0.1, 0.15) is 156 Å². The molecule has 7 aromatic rings. The lowest BCUT2D eigenvalue weighted by Crippen LogP contribution is -2.07. The molecule has 0 unspecified atom stereocenters. The standard InChI is InChI=1S/C60H84N8O12/c1-5-73-61-65-77-41-25-17-9-13-21-37-69-57-47-33-29-45-31-35-49-55-51(45)53(47)54-48(58(57)70-38-22-14-10-18-26-42-78-66-62-74-6-2)34-30-46-32-36-50(56(55)52(46)54)60(72-40-24-16-12-20-28-44-80-68-64-76-8-4)59(49)71-39-23-15-11-19-27-43-79-67-63-75-7-3/h29-36H,5-28,37-44H2,1-4H3. The molecule has 0 fully saturated rings. The minimum absolute atomic E-state index is 0.458. The van der Waals surface area contributed by atoms with Crippen LogP contribution in [0.15, 0.2) is 90.8 Å². The van der Waals surface area contributed by atoms with Crippen LogP contribution in [0, 0.1) is 0 Å². The second-order valence-electron chi connectivity index (χ2n) is 19.6. The van der Waals surface area contributed by atoms with Gasteiger partial charge in [0.25, 0.3) is 0 Å². The van der Waals surface area contributed by atoms with Crippen LogP contribution < -0.4 is 18.9 Å². The Balaban J connectivity index is 1.16. The van der Waals surface area contributed by atoms with Gasteiger partial charge in [-0.2, -0.15) is 0 Å². The molecule has 0 radical (unpaired) electrons. The van der Waals surface area contributed by atoms with Gasteiger partial charge in [0.15, 0.2) is 23.0 Å². The average molecular weight is 1110 g/mol. The zero-order valence-electron chi connectivity index (χ0n) is 47.7. The molecule has 0 bridgehead atoms. The zero-order chi connectivity index (χ0) is 55.7. The van der Waals surface area contributed by atoms with E-state index in [4.69, 9.17) is 57.6 Å². The first-order valence-corrected chi connectivity index (χ1v) is 29.5. The van der Waals surface area contributed by atoms with Gasteiger partial charge in [0.2, 0.25) is 0 Å². The molecule has 20 nitrogen and oxygen atoms in total. The Kier molecular flexibility index (Phi) is 26.8. The Bertz CT molecular complexity index is 2540. The Hall–Kier alpha value is -7.12. The Labute approximate surface area is 469 Å².